The zero-order chi connectivity index (χ0) is 66.1. The van der Waals surface area contributed by atoms with Crippen LogP contribution < -0.4 is 5.32 Å². The Balaban J connectivity index is 0.000000114. The highest BCUT2D eigenvalue weighted by Gasteiger charge is 2.13. The van der Waals surface area contributed by atoms with E-state index >= 15 is 0 Å². The molecule has 0 aromatic carbocycles. The van der Waals surface area contributed by atoms with Crippen LogP contribution in [0, 0.1) is 11.9 Å². The van der Waals surface area contributed by atoms with Crippen molar-refractivity contribution < 1.29 is 30.0 Å². The van der Waals surface area contributed by atoms with Crippen LogP contribution in [0.3, 0.4) is 0 Å². The van der Waals surface area contributed by atoms with Crippen LogP contribution >= 0.6 is 0 Å². The molecule has 0 aliphatic heterocycles. The number of amides is 1. The highest BCUT2D eigenvalue weighted by Crippen LogP contribution is 2.30. The lowest BCUT2D eigenvalue weighted by molar-refractivity contribution is 0.0958. The number of rotatable bonds is 5. The average Bonchev–Trinajstić information content (AvgIpc) is 1.66. The van der Waals surface area contributed by atoms with Crippen LogP contribution in [-0.2, 0) is 7.05 Å². The Labute approximate surface area is 478 Å². The lowest BCUT2D eigenvalue weighted by Crippen LogP contribution is -2.18. The molecule has 0 atom stereocenters. The molecule has 0 spiro atoms. The van der Waals surface area contributed by atoms with Crippen molar-refractivity contribution in [2.24, 2.45) is 7.05 Å². The number of hydrogen-bond acceptors (Lipinski definition) is 13. The number of pyridine rings is 11. The maximum atomic E-state index is 13.0. The standard InChI is InChI=1S/C17H13N5O.2C15H9FN4.C14H11N5/c1-18-17(23)15-4-2-10(8-20-15)13-5-3-11-12-9-19-7-6-14(12)22-16(11)21-13;16-14-4-1-9(7-18-14)12-3-2-11-10-5-6-17-8-13(10)20-15(11)19-12;16-14-4-1-9(7-18-14)12-3-2-10-11-8-17-6-5-13(11)20-15(10)19-12;1-19-8-9(6-16-19)12-3-2-10-11-7-15-5-4-13(11)18-14(10)17-12/h2-9H,1H3,(H,18,23)(H,21,22);2*1-8H,(H,19,20);2-8H,1H3,(H,17,18)/i7T,8T,9T;2*6T,7T,8T;5T,6T,7T. The number of carbonyl (C=O) groups excluding carboxylic acids is 1. The third kappa shape index (κ3) is 9.87. The van der Waals surface area contributed by atoms with E-state index in [1.54, 1.807) is 90.7 Å². The highest BCUT2D eigenvalue weighted by atomic mass is 19.1. The number of nitrogens with zero attached hydrogens (tertiary/aromatic N) is 13. The van der Waals surface area contributed by atoms with Gasteiger partial charge in [0.25, 0.3) is 5.91 Å². The average molecular weight is 1110 g/mol. The summed E-state index contributed by atoms with van der Waals surface area (Å²) < 4.78 is 121. The SMILES string of the molecule is [3H]c1cc2[nH]c3nc(-c4ccc(C(=O)NC)nc4[3H])ccc3c2c([3H])n1.[3H]c1cc2[nH]c3nc(-c4ccc(F)nc4[3H])ccc3c2c([3H])n1.[3H]c1cc2[nH]c3nc(-c4cn(C)nc4[3H])ccc3c2c([3H])n1.[3H]c1cc2c([nH]c3nc(-c4ccc(F)nc4[3H])ccc32)c([3H])n1. The van der Waals surface area contributed by atoms with Crippen LogP contribution in [0.25, 0.3) is 133 Å². The molecular weight excluding hydrogens is 1040 g/mol. The van der Waals surface area contributed by atoms with Crippen LogP contribution in [-0.4, -0.2) is 97.5 Å². The first kappa shape index (κ1) is 38.0. The van der Waals surface area contributed by atoms with Gasteiger partial charge in [-0.3, -0.25) is 34.4 Å². The van der Waals surface area contributed by atoms with Gasteiger partial charge in [-0.1, -0.05) is 0 Å². The van der Waals surface area contributed by atoms with Crippen molar-refractivity contribution in [3.05, 3.63) is 207 Å². The number of carbonyl (C=O) groups is 1. The normalized spacial score (nSPS) is 13.3. The fourth-order valence-corrected chi connectivity index (χ4v) is 8.85. The zero-order valence-corrected chi connectivity index (χ0v) is 42.4. The summed E-state index contributed by atoms with van der Waals surface area (Å²) in [7, 11) is 3.27. The number of aromatic amines is 4. The molecule has 396 valence electrons. The van der Waals surface area contributed by atoms with Gasteiger partial charge >= 0.3 is 0 Å². The van der Waals surface area contributed by atoms with Crippen molar-refractivity contribution in [1.29, 1.82) is 0 Å². The molecule has 19 nitrogen and oxygen atoms in total. The summed E-state index contributed by atoms with van der Waals surface area (Å²) in [5.41, 5.74) is 8.83. The molecule has 5 N–H and O–H groups in total. The van der Waals surface area contributed by atoms with E-state index in [2.05, 4.69) is 85.2 Å². The molecule has 82 heavy (non-hydrogen) atoms. The molecule has 16 aromatic rings. The highest BCUT2D eigenvalue weighted by molar-refractivity contribution is 6.08. The van der Waals surface area contributed by atoms with E-state index in [0.29, 0.717) is 117 Å². The smallest absolute Gasteiger partial charge is 0.269 e. The summed E-state index contributed by atoms with van der Waals surface area (Å²) in [4.78, 5) is 68.1. The lowest BCUT2D eigenvalue weighted by atomic mass is 10.1. The van der Waals surface area contributed by atoms with E-state index in [1.165, 1.54) is 37.4 Å². The predicted octanol–water partition coefficient (Wildman–Crippen LogP) is 11.7. The molecule has 0 saturated carbocycles. The van der Waals surface area contributed by atoms with Gasteiger partial charge in [-0.05, 0) is 109 Å². The minimum absolute atomic E-state index is 0.00505. The number of halogens is 2. The van der Waals surface area contributed by atoms with E-state index in [9.17, 15) is 13.6 Å². The van der Waals surface area contributed by atoms with Gasteiger partial charge in [0.15, 0.2) is 0 Å². The Morgan fingerprint density at radius 1 is 0.427 bits per heavy atom. The van der Waals surface area contributed by atoms with Crippen LogP contribution in [0.1, 0.15) is 26.9 Å². The summed E-state index contributed by atoms with van der Waals surface area (Å²) >= 11 is 0. The minimum Gasteiger partial charge on any atom is -0.354 e. The number of nitrogens with one attached hydrogen (secondary N) is 5. The van der Waals surface area contributed by atoms with Gasteiger partial charge in [0.2, 0.25) is 11.9 Å². The fraction of sp³-hybridized carbons (Fsp3) is 0.0328. The van der Waals surface area contributed by atoms with Gasteiger partial charge in [0.1, 0.15) is 28.3 Å². The van der Waals surface area contributed by atoms with E-state index in [0.717, 1.165) is 16.2 Å². The van der Waals surface area contributed by atoms with Crippen LogP contribution in [0.5, 0.6) is 0 Å². The molecule has 0 bridgehead atoms. The van der Waals surface area contributed by atoms with Crippen LogP contribution in [0.4, 0.5) is 8.78 Å². The van der Waals surface area contributed by atoms with Crippen molar-refractivity contribution >= 4 is 93.7 Å². The number of aryl methyl sites for hydroxylation is 1. The van der Waals surface area contributed by atoms with Crippen molar-refractivity contribution in [1.82, 2.24) is 89.9 Å². The Hall–Kier alpha value is -11.6. The Morgan fingerprint density at radius 3 is 1.26 bits per heavy atom. The summed E-state index contributed by atoms with van der Waals surface area (Å²) in [6, 6.07) is 28.8. The van der Waals surface area contributed by atoms with Gasteiger partial charge < -0.3 is 25.3 Å². The molecule has 0 fully saturated rings. The first-order valence-corrected chi connectivity index (χ1v) is 24.6. The Bertz CT molecular complexity index is 5730. The van der Waals surface area contributed by atoms with Crippen molar-refractivity contribution in [2.75, 3.05) is 7.05 Å². The first-order valence-electron chi connectivity index (χ1n) is 30.6. The van der Waals surface area contributed by atoms with Crippen molar-refractivity contribution in [2.45, 2.75) is 0 Å². The second-order valence-corrected chi connectivity index (χ2v) is 17.9. The second-order valence-electron chi connectivity index (χ2n) is 17.9. The van der Waals surface area contributed by atoms with E-state index in [4.69, 9.17) is 16.4 Å². The van der Waals surface area contributed by atoms with Gasteiger partial charge in [-0.25, -0.2) is 29.9 Å². The number of hydrogen-bond donors (Lipinski definition) is 5. The largest absolute Gasteiger partial charge is 0.354 e. The van der Waals surface area contributed by atoms with Crippen molar-refractivity contribution in [3.8, 4) is 45.0 Å². The molecule has 21 heteroatoms. The van der Waals surface area contributed by atoms with Gasteiger partial charge in [0.05, 0.1) is 73.6 Å². The van der Waals surface area contributed by atoms with E-state index in [1.807, 2.05) is 6.07 Å². The monoisotopic (exact) mass is 1100 g/mol. The molecular formula is C61H42F2N18O. The molecule has 16 aromatic heterocycles. The summed E-state index contributed by atoms with van der Waals surface area (Å²) in [5, 5.41) is 12.0. The molecule has 1 amide bonds. The summed E-state index contributed by atoms with van der Waals surface area (Å²) in [6.45, 7) is 0. The maximum absolute atomic E-state index is 13.0. The quantitative estimate of drug-likeness (QED) is 0.101. The maximum Gasteiger partial charge on any atom is 0.269 e. The van der Waals surface area contributed by atoms with Crippen LogP contribution in [0.15, 0.2) is 189 Å². The predicted molar refractivity (Wildman–Crippen MR) is 311 cm³/mol. The lowest BCUT2D eigenvalue weighted by Gasteiger charge is -2.02. The molecule has 16 rings (SSSR count). The molecule has 0 radical (unpaired) electrons. The van der Waals surface area contributed by atoms with Crippen molar-refractivity contribution in [3.63, 3.8) is 0 Å². The third-order valence-corrected chi connectivity index (χ3v) is 12.8. The third-order valence-electron chi connectivity index (χ3n) is 12.8. The second kappa shape index (κ2) is 21.3. The van der Waals surface area contributed by atoms with Gasteiger partial charge in [-0.15, -0.1) is 0 Å². The van der Waals surface area contributed by atoms with Crippen LogP contribution in [0.2, 0.25) is 0 Å². The van der Waals surface area contributed by atoms with Gasteiger partial charge in [0, 0.05) is 147 Å². The van der Waals surface area contributed by atoms with E-state index in [-0.39, 0.29) is 85.7 Å². The molecule has 0 aliphatic rings. The number of aromatic nitrogens is 17. The molecule has 0 saturated heterocycles. The zero-order valence-electron chi connectivity index (χ0n) is 54.4. The topological polar surface area (TPSA) is 252 Å². The van der Waals surface area contributed by atoms with E-state index < -0.39 is 11.9 Å². The summed E-state index contributed by atoms with van der Waals surface area (Å²) in [6.07, 6.45) is 1.64. The summed E-state index contributed by atoms with van der Waals surface area (Å²) in [5.74, 6) is -1.78. The number of H-pyrrole nitrogens is 4. The minimum atomic E-state index is -0.710. The Morgan fingerprint density at radius 2 is 0.829 bits per heavy atom. The van der Waals surface area contributed by atoms with Gasteiger partial charge in [-0.2, -0.15) is 13.9 Å². The first-order chi connectivity index (χ1) is 45.0. The molecule has 0 unspecified atom stereocenters. The molecule has 16 heterocycles. The fourth-order valence-electron chi connectivity index (χ4n) is 8.85. The molecule has 0 aliphatic carbocycles. The Kier molecular flexibility index (Phi) is 9.89. The number of fused-ring (bicyclic) bond motifs is 12.